The summed E-state index contributed by atoms with van der Waals surface area (Å²) in [5, 5.41) is 8.74. The van der Waals surface area contributed by atoms with Crippen LogP contribution < -0.4 is 0 Å². The molecule has 0 aliphatic heterocycles. The zero-order valence-corrected chi connectivity index (χ0v) is 9.77. The fourth-order valence-electron chi connectivity index (χ4n) is 1.33. The number of carbonyl (C=O) groups excluding carboxylic acids is 1. The van der Waals surface area contributed by atoms with Crippen molar-refractivity contribution in [1.82, 2.24) is 9.88 Å². The maximum absolute atomic E-state index is 12.1. The second kappa shape index (κ2) is 4.75. The van der Waals surface area contributed by atoms with Crippen molar-refractivity contribution in [1.29, 1.82) is 5.26 Å². The smallest absolute Gasteiger partial charge is 0.255 e. The highest BCUT2D eigenvalue weighted by molar-refractivity contribution is 5.94. The molecule has 4 heteroatoms. The number of nitriles is 1. The summed E-state index contributed by atoms with van der Waals surface area (Å²) >= 11 is 0. The number of hydrogen-bond acceptors (Lipinski definition) is 3. The Labute approximate surface area is 95.5 Å². The molecular weight excluding hydrogens is 202 g/mol. The van der Waals surface area contributed by atoms with Gasteiger partial charge in [0.15, 0.2) is 0 Å². The van der Waals surface area contributed by atoms with E-state index in [0.29, 0.717) is 5.56 Å². The van der Waals surface area contributed by atoms with Gasteiger partial charge >= 0.3 is 0 Å². The van der Waals surface area contributed by atoms with Gasteiger partial charge in [-0.1, -0.05) is 0 Å². The lowest BCUT2D eigenvalue weighted by Crippen LogP contribution is -2.45. The number of hydrogen-bond donors (Lipinski definition) is 0. The molecule has 1 rings (SSSR count). The van der Waals surface area contributed by atoms with Crippen LogP contribution in [0.2, 0.25) is 0 Å². The first-order valence-corrected chi connectivity index (χ1v) is 5.06. The minimum Gasteiger partial charge on any atom is -0.320 e. The Morgan fingerprint density at radius 3 is 2.44 bits per heavy atom. The molecule has 4 nitrogen and oxygen atoms in total. The van der Waals surface area contributed by atoms with Gasteiger partial charge in [-0.2, -0.15) is 5.26 Å². The van der Waals surface area contributed by atoms with Crippen molar-refractivity contribution in [3.63, 3.8) is 0 Å². The van der Waals surface area contributed by atoms with Crippen LogP contribution in [0.25, 0.3) is 0 Å². The molecule has 84 valence electrons. The summed E-state index contributed by atoms with van der Waals surface area (Å²) in [7, 11) is 0. The summed E-state index contributed by atoms with van der Waals surface area (Å²) < 4.78 is 0. The zero-order valence-electron chi connectivity index (χ0n) is 9.77. The number of carbonyl (C=O) groups is 1. The van der Waals surface area contributed by atoms with E-state index in [2.05, 4.69) is 4.98 Å². The van der Waals surface area contributed by atoms with Crippen molar-refractivity contribution in [3.05, 3.63) is 30.1 Å². The lowest BCUT2D eigenvalue weighted by molar-refractivity contribution is 0.0620. The minimum absolute atomic E-state index is 0.0880. The van der Waals surface area contributed by atoms with Crippen LogP contribution in [0.1, 0.15) is 31.1 Å². The molecule has 1 amide bonds. The topological polar surface area (TPSA) is 57.0 Å². The van der Waals surface area contributed by atoms with Gasteiger partial charge in [0.1, 0.15) is 6.54 Å². The lowest BCUT2D eigenvalue weighted by Gasteiger charge is -2.33. The van der Waals surface area contributed by atoms with E-state index in [1.54, 1.807) is 29.4 Å². The van der Waals surface area contributed by atoms with Crippen LogP contribution in [0, 0.1) is 11.3 Å². The first-order chi connectivity index (χ1) is 7.46. The zero-order chi connectivity index (χ0) is 12.2. The lowest BCUT2D eigenvalue weighted by atomic mass is 10.0. The Morgan fingerprint density at radius 2 is 2.00 bits per heavy atom. The van der Waals surface area contributed by atoms with E-state index in [9.17, 15) is 4.79 Å². The minimum atomic E-state index is -0.365. The molecule has 1 aromatic rings. The van der Waals surface area contributed by atoms with E-state index >= 15 is 0 Å². The standard InChI is InChI=1S/C12H15N3O/c1-12(2,3)15(9-6-13)11(16)10-4-7-14-8-5-10/h4-5,7-8H,9H2,1-3H3. The monoisotopic (exact) mass is 217 g/mol. The van der Waals surface area contributed by atoms with Crippen LogP contribution in [0.15, 0.2) is 24.5 Å². The van der Waals surface area contributed by atoms with Crippen molar-refractivity contribution >= 4 is 5.91 Å². The number of aromatic nitrogens is 1. The summed E-state index contributed by atoms with van der Waals surface area (Å²) in [4.78, 5) is 17.5. The van der Waals surface area contributed by atoms with Crippen molar-refractivity contribution in [3.8, 4) is 6.07 Å². The van der Waals surface area contributed by atoms with Crippen LogP contribution in [0.5, 0.6) is 0 Å². The number of nitrogens with zero attached hydrogens (tertiary/aromatic N) is 3. The molecule has 0 saturated carbocycles. The van der Waals surface area contributed by atoms with Gasteiger partial charge in [0.25, 0.3) is 5.91 Å². The molecule has 0 bridgehead atoms. The Morgan fingerprint density at radius 1 is 1.44 bits per heavy atom. The second-order valence-corrected chi connectivity index (χ2v) is 4.46. The molecule has 0 aromatic carbocycles. The molecule has 0 spiro atoms. The van der Waals surface area contributed by atoms with E-state index in [4.69, 9.17) is 5.26 Å². The maximum Gasteiger partial charge on any atom is 0.255 e. The van der Waals surface area contributed by atoms with Crippen molar-refractivity contribution in [2.24, 2.45) is 0 Å². The highest BCUT2D eigenvalue weighted by Crippen LogP contribution is 2.16. The molecule has 0 N–H and O–H groups in total. The third kappa shape index (κ3) is 2.80. The summed E-state index contributed by atoms with van der Waals surface area (Å²) in [5.41, 5.74) is 0.191. The fraction of sp³-hybridized carbons (Fsp3) is 0.417. The predicted molar refractivity (Wildman–Crippen MR) is 60.6 cm³/mol. The van der Waals surface area contributed by atoms with Crippen molar-refractivity contribution in [2.45, 2.75) is 26.3 Å². The van der Waals surface area contributed by atoms with Gasteiger partial charge in [0, 0.05) is 23.5 Å². The first-order valence-electron chi connectivity index (χ1n) is 5.06. The third-order valence-electron chi connectivity index (χ3n) is 2.21. The van der Waals surface area contributed by atoms with Gasteiger partial charge in [0.05, 0.1) is 6.07 Å². The normalized spacial score (nSPS) is 10.6. The molecule has 0 aliphatic rings. The van der Waals surface area contributed by atoms with Crippen molar-refractivity contribution < 1.29 is 4.79 Å². The number of amides is 1. The quantitative estimate of drug-likeness (QED) is 0.710. The molecule has 1 heterocycles. The Hall–Kier alpha value is -1.89. The summed E-state index contributed by atoms with van der Waals surface area (Å²) in [6, 6.07) is 5.32. The highest BCUT2D eigenvalue weighted by Gasteiger charge is 2.26. The Balaban J connectivity index is 2.98. The van der Waals surface area contributed by atoms with E-state index in [0.717, 1.165) is 0 Å². The van der Waals surface area contributed by atoms with Crippen molar-refractivity contribution in [2.75, 3.05) is 6.54 Å². The van der Waals surface area contributed by atoms with E-state index < -0.39 is 0 Å². The van der Waals surface area contributed by atoms with Gasteiger partial charge < -0.3 is 4.90 Å². The number of rotatable bonds is 2. The molecule has 1 aromatic heterocycles. The molecule has 0 radical (unpaired) electrons. The highest BCUT2D eigenvalue weighted by atomic mass is 16.2. The predicted octanol–water partition coefficient (Wildman–Crippen LogP) is 1.85. The maximum atomic E-state index is 12.1. The summed E-state index contributed by atoms with van der Waals surface area (Å²) in [5.74, 6) is -0.142. The van der Waals surface area contributed by atoms with Crippen LogP contribution >= 0.6 is 0 Å². The van der Waals surface area contributed by atoms with E-state index in [-0.39, 0.29) is 18.0 Å². The van der Waals surface area contributed by atoms with Crippen LogP contribution in [0.4, 0.5) is 0 Å². The third-order valence-corrected chi connectivity index (χ3v) is 2.21. The fourth-order valence-corrected chi connectivity index (χ4v) is 1.33. The first kappa shape index (κ1) is 12.2. The van der Waals surface area contributed by atoms with Gasteiger partial charge in [-0.3, -0.25) is 9.78 Å². The van der Waals surface area contributed by atoms with Crippen LogP contribution in [-0.4, -0.2) is 27.9 Å². The second-order valence-electron chi connectivity index (χ2n) is 4.46. The largest absolute Gasteiger partial charge is 0.320 e. The molecule has 0 fully saturated rings. The Kier molecular flexibility index (Phi) is 3.62. The van der Waals surface area contributed by atoms with Gasteiger partial charge in [-0.15, -0.1) is 0 Å². The summed E-state index contributed by atoms with van der Waals surface area (Å²) in [6.07, 6.45) is 3.14. The Bertz CT molecular complexity index is 401. The van der Waals surface area contributed by atoms with E-state index in [1.165, 1.54) is 0 Å². The molecule has 0 saturated heterocycles. The van der Waals surface area contributed by atoms with Crippen LogP contribution in [0.3, 0.4) is 0 Å². The van der Waals surface area contributed by atoms with E-state index in [1.807, 2.05) is 26.8 Å². The van der Waals surface area contributed by atoms with Gasteiger partial charge in [-0.05, 0) is 32.9 Å². The van der Waals surface area contributed by atoms with Gasteiger partial charge in [-0.25, -0.2) is 0 Å². The molecule has 16 heavy (non-hydrogen) atoms. The SMILES string of the molecule is CC(C)(C)N(CC#N)C(=O)c1ccncc1. The number of pyridine rings is 1. The molecule has 0 unspecified atom stereocenters. The summed E-state index contributed by atoms with van der Waals surface area (Å²) in [6.45, 7) is 5.81. The average molecular weight is 217 g/mol. The average Bonchev–Trinajstić information content (AvgIpc) is 2.25. The van der Waals surface area contributed by atoms with Crippen LogP contribution in [-0.2, 0) is 0 Å². The molecule has 0 atom stereocenters. The molecule has 0 aliphatic carbocycles. The molecular formula is C12H15N3O. The van der Waals surface area contributed by atoms with Gasteiger partial charge in [0.2, 0.25) is 0 Å².